The van der Waals surface area contributed by atoms with Crippen LogP contribution < -0.4 is 0 Å². The third kappa shape index (κ3) is 15.3. The molecule has 0 N–H and O–H groups in total. The third-order valence-electron chi connectivity index (χ3n) is 3.84. The molecule has 0 atom stereocenters. The topological polar surface area (TPSA) is 26.3 Å². The molecule has 0 aromatic heterocycles. The van der Waals surface area contributed by atoms with Gasteiger partial charge in [-0.1, -0.05) is 84.1 Å². The molecule has 2 nitrogen and oxygen atoms in total. The molecule has 0 rings (SSSR count). The Morgan fingerprint density at radius 3 is 1.77 bits per heavy atom. The number of hydrogen-bond acceptors (Lipinski definition) is 2. The van der Waals surface area contributed by atoms with Crippen LogP contribution in [-0.4, -0.2) is 5.97 Å². The van der Waals surface area contributed by atoms with Crippen LogP contribution in [0.5, 0.6) is 0 Å². The molecule has 0 amide bonds. The molecule has 0 fully saturated rings. The van der Waals surface area contributed by atoms with Crippen molar-refractivity contribution in [2.45, 2.75) is 97.3 Å². The van der Waals surface area contributed by atoms with Crippen LogP contribution in [0.4, 0.5) is 0 Å². The minimum absolute atomic E-state index is 0.342. The normalized spacial score (nSPS) is 11.0. The van der Waals surface area contributed by atoms with Gasteiger partial charge in [0.25, 0.3) is 0 Å². The van der Waals surface area contributed by atoms with E-state index >= 15 is 0 Å². The van der Waals surface area contributed by atoms with Crippen molar-refractivity contribution in [1.82, 2.24) is 0 Å². The lowest BCUT2D eigenvalue weighted by atomic mass is 10.0. The second-order valence-electron chi connectivity index (χ2n) is 6.24. The first-order chi connectivity index (χ1) is 10.7. The number of esters is 1. The summed E-state index contributed by atoms with van der Waals surface area (Å²) in [6.45, 7) is 7.46. The summed E-state index contributed by atoms with van der Waals surface area (Å²) in [5, 5.41) is 0. The highest BCUT2D eigenvalue weighted by Crippen LogP contribution is 2.12. The molecule has 0 aliphatic rings. The summed E-state index contributed by atoms with van der Waals surface area (Å²) in [5.74, 6) is -0.342. The van der Waals surface area contributed by atoms with Gasteiger partial charge >= 0.3 is 5.97 Å². The summed E-state index contributed by atoms with van der Waals surface area (Å²) < 4.78 is 4.89. The third-order valence-corrected chi connectivity index (χ3v) is 3.84. The van der Waals surface area contributed by atoms with Crippen molar-refractivity contribution in [2.75, 3.05) is 0 Å². The van der Waals surface area contributed by atoms with Crippen molar-refractivity contribution in [3.05, 3.63) is 24.5 Å². The fourth-order valence-corrected chi connectivity index (χ4v) is 2.38. The Hall–Kier alpha value is -1.05. The molecular weight excluding hydrogens is 272 g/mol. The zero-order valence-electron chi connectivity index (χ0n) is 14.9. The smallest absolute Gasteiger partial charge is 0.337 e. The second kappa shape index (κ2) is 16.3. The molecule has 0 aromatic rings. The van der Waals surface area contributed by atoms with Gasteiger partial charge in [-0.3, -0.25) is 0 Å². The van der Waals surface area contributed by atoms with Gasteiger partial charge in [-0.25, -0.2) is 4.79 Å². The molecule has 0 saturated carbocycles. The number of unbranched alkanes of at least 4 members (excludes halogenated alkanes) is 12. The highest BCUT2D eigenvalue weighted by molar-refractivity contribution is 5.87. The monoisotopic (exact) mass is 308 g/mol. The Bertz CT molecular complexity index is 305. The number of rotatable bonds is 15. The summed E-state index contributed by atoms with van der Waals surface area (Å²) >= 11 is 0. The molecule has 0 aliphatic heterocycles. The van der Waals surface area contributed by atoms with Crippen LogP contribution in [0, 0.1) is 0 Å². The van der Waals surface area contributed by atoms with Gasteiger partial charge in [0.1, 0.15) is 0 Å². The summed E-state index contributed by atoms with van der Waals surface area (Å²) in [5.41, 5.74) is 0.440. The van der Waals surface area contributed by atoms with Gasteiger partial charge in [-0.2, -0.15) is 0 Å². The number of allylic oxidation sites excluding steroid dienone is 1. The minimum atomic E-state index is -0.342. The zero-order chi connectivity index (χ0) is 16.5. The Morgan fingerprint density at radius 1 is 0.864 bits per heavy atom. The molecule has 22 heavy (non-hydrogen) atoms. The first kappa shape index (κ1) is 20.9. The van der Waals surface area contributed by atoms with Crippen LogP contribution in [0.1, 0.15) is 97.3 Å². The largest absolute Gasteiger partial charge is 0.431 e. The van der Waals surface area contributed by atoms with Crippen molar-refractivity contribution < 1.29 is 9.53 Å². The molecule has 0 heterocycles. The zero-order valence-corrected chi connectivity index (χ0v) is 14.9. The number of hydrogen-bond donors (Lipinski definition) is 0. The molecule has 0 bridgehead atoms. The van der Waals surface area contributed by atoms with Gasteiger partial charge < -0.3 is 4.74 Å². The highest BCUT2D eigenvalue weighted by Gasteiger charge is 1.98. The van der Waals surface area contributed by atoms with Crippen molar-refractivity contribution >= 4 is 5.97 Å². The van der Waals surface area contributed by atoms with Crippen molar-refractivity contribution in [1.29, 1.82) is 0 Å². The summed E-state index contributed by atoms with van der Waals surface area (Å²) in [6.07, 6.45) is 20.8. The van der Waals surface area contributed by atoms with Crippen molar-refractivity contribution in [2.24, 2.45) is 0 Å². The average molecular weight is 309 g/mol. The van der Waals surface area contributed by atoms with Crippen LogP contribution in [0.15, 0.2) is 24.5 Å². The standard InChI is InChI=1S/C20H36O2/c1-4-5-6-7-8-9-10-11-12-13-14-15-16-17-18-22-20(21)19(2)3/h17-18H,2,4-16H2,1,3H3. The molecular formula is C20H36O2. The van der Waals surface area contributed by atoms with E-state index in [4.69, 9.17) is 4.74 Å². The van der Waals surface area contributed by atoms with E-state index in [1.54, 1.807) is 6.92 Å². The van der Waals surface area contributed by atoms with E-state index in [2.05, 4.69) is 13.5 Å². The summed E-state index contributed by atoms with van der Waals surface area (Å²) in [7, 11) is 0. The number of carbonyl (C=O) groups excluding carboxylic acids is 1. The predicted octanol–water partition coefficient (Wildman–Crippen LogP) is 6.71. The van der Waals surface area contributed by atoms with Gasteiger partial charge in [-0.05, 0) is 25.8 Å². The van der Waals surface area contributed by atoms with Crippen LogP contribution in [0.3, 0.4) is 0 Å². The van der Waals surface area contributed by atoms with E-state index < -0.39 is 0 Å². The Morgan fingerprint density at radius 2 is 1.32 bits per heavy atom. The molecule has 128 valence electrons. The van der Waals surface area contributed by atoms with E-state index in [1.807, 2.05) is 6.08 Å². The van der Waals surface area contributed by atoms with Crippen LogP contribution >= 0.6 is 0 Å². The van der Waals surface area contributed by atoms with Gasteiger partial charge in [0.05, 0.1) is 6.26 Å². The van der Waals surface area contributed by atoms with Crippen LogP contribution in [0.2, 0.25) is 0 Å². The maximum atomic E-state index is 11.1. The van der Waals surface area contributed by atoms with Crippen LogP contribution in [0.25, 0.3) is 0 Å². The number of carbonyl (C=O) groups is 1. The number of ether oxygens (including phenoxy) is 1. The summed E-state index contributed by atoms with van der Waals surface area (Å²) in [4.78, 5) is 11.1. The Labute approximate surface area is 138 Å². The molecule has 0 saturated heterocycles. The maximum Gasteiger partial charge on any atom is 0.337 e. The summed E-state index contributed by atoms with van der Waals surface area (Å²) in [6, 6.07) is 0. The van der Waals surface area contributed by atoms with Gasteiger partial charge in [0.15, 0.2) is 0 Å². The fraction of sp³-hybridized carbons (Fsp3) is 0.750. The van der Waals surface area contributed by atoms with Gasteiger partial charge in [0.2, 0.25) is 0 Å². The lowest BCUT2D eigenvalue weighted by molar-refractivity contribution is -0.133. The quantitative estimate of drug-likeness (QED) is 0.145. The second-order valence-corrected chi connectivity index (χ2v) is 6.24. The van der Waals surface area contributed by atoms with E-state index in [0.29, 0.717) is 5.57 Å². The van der Waals surface area contributed by atoms with E-state index in [9.17, 15) is 4.79 Å². The fourth-order valence-electron chi connectivity index (χ4n) is 2.38. The first-order valence-corrected chi connectivity index (χ1v) is 9.20. The molecule has 0 spiro atoms. The molecule has 0 aliphatic carbocycles. The minimum Gasteiger partial charge on any atom is -0.431 e. The lowest BCUT2D eigenvalue weighted by Gasteiger charge is -2.02. The van der Waals surface area contributed by atoms with E-state index in [1.165, 1.54) is 83.3 Å². The average Bonchev–Trinajstić information content (AvgIpc) is 2.50. The molecule has 0 radical (unpaired) electrons. The first-order valence-electron chi connectivity index (χ1n) is 9.20. The van der Waals surface area contributed by atoms with Gasteiger partial charge in [0, 0.05) is 5.57 Å². The maximum absolute atomic E-state index is 11.1. The Kier molecular flexibility index (Phi) is 15.5. The van der Waals surface area contributed by atoms with E-state index in [-0.39, 0.29) is 5.97 Å². The molecule has 2 heteroatoms. The predicted molar refractivity (Wildman–Crippen MR) is 95.7 cm³/mol. The lowest BCUT2D eigenvalue weighted by Crippen LogP contribution is -1.98. The SMILES string of the molecule is C=C(C)C(=O)OC=CCCCCCCCCCCCCCC. The highest BCUT2D eigenvalue weighted by atomic mass is 16.5. The van der Waals surface area contributed by atoms with Crippen molar-refractivity contribution in [3.63, 3.8) is 0 Å². The Balaban J connectivity index is 3.16. The van der Waals surface area contributed by atoms with Crippen molar-refractivity contribution in [3.8, 4) is 0 Å². The van der Waals surface area contributed by atoms with E-state index in [0.717, 1.165) is 6.42 Å². The van der Waals surface area contributed by atoms with Crippen LogP contribution in [-0.2, 0) is 9.53 Å². The van der Waals surface area contributed by atoms with Gasteiger partial charge in [-0.15, -0.1) is 0 Å². The molecule has 0 aromatic carbocycles. The molecule has 0 unspecified atom stereocenters.